The molecule has 0 saturated heterocycles. The van der Waals surface area contributed by atoms with Crippen LogP contribution in [-0.4, -0.2) is 31.2 Å². The smallest absolute Gasteiger partial charge is 0.334 e. The lowest BCUT2D eigenvalue weighted by molar-refractivity contribution is 0.0934. The van der Waals surface area contributed by atoms with Crippen LogP contribution in [0.1, 0.15) is 25.8 Å². The maximum absolute atomic E-state index is 12.5. The first kappa shape index (κ1) is 16.5. The van der Waals surface area contributed by atoms with Crippen LogP contribution in [0.3, 0.4) is 0 Å². The number of nitrogens with zero attached hydrogens (tertiary/aromatic N) is 1. The highest BCUT2D eigenvalue weighted by Gasteiger charge is 2.33. The number of halogens is 1. The van der Waals surface area contributed by atoms with E-state index in [9.17, 15) is 4.57 Å². The third-order valence-electron chi connectivity index (χ3n) is 2.99. The van der Waals surface area contributed by atoms with Crippen LogP contribution < -0.4 is 0 Å². The Labute approximate surface area is 129 Å². The molecule has 1 atom stereocenters. The van der Waals surface area contributed by atoms with E-state index in [0.29, 0.717) is 24.7 Å². The summed E-state index contributed by atoms with van der Waals surface area (Å²) in [6, 6.07) is 7.38. The minimum atomic E-state index is -3.11. The van der Waals surface area contributed by atoms with E-state index in [0.717, 1.165) is 11.3 Å². The SMILES string of the molecule is CCOP(=O)(CC1CC(c2ccc(Cl)cc2)=NO1)OCC. The van der Waals surface area contributed by atoms with Gasteiger partial charge in [0.15, 0.2) is 0 Å². The molecule has 1 aromatic carbocycles. The normalized spacial score (nSPS) is 18.4. The summed E-state index contributed by atoms with van der Waals surface area (Å²) >= 11 is 5.86. The summed E-state index contributed by atoms with van der Waals surface area (Å²) in [5.74, 6) is 0. The Kier molecular flexibility index (Phi) is 5.82. The molecule has 0 radical (unpaired) electrons. The van der Waals surface area contributed by atoms with E-state index in [1.807, 2.05) is 12.1 Å². The minimum Gasteiger partial charge on any atom is -0.391 e. The van der Waals surface area contributed by atoms with Gasteiger partial charge in [0.1, 0.15) is 6.10 Å². The van der Waals surface area contributed by atoms with Crippen molar-refractivity contribution in [3.8, 4) is 0 Å². The first-order valence-corrected chi connectivity index (χ1v) is 9.03. The minimum absolute atomic E-state index is 0.204. The molecule has 1 aliphatic heterocycles. The van der Waals surface area contributed by atoms with Crippen LogP contribution in [0.2, 0.25) is 5.02 Å². The summed E-state index contributed by atoms with van der Waals surface area (Å²) in [5, 5.41) is 4.74. The van der Waals surface area contributed by atoms with E-state index in [4.69, 9.17) is 25.5 Å². The molecule has 7 heteroatoms. The molecule has 0 fully saturated rings. The van der Waals surface area contributed by atoms with Gasteiger partial charge in [0.25, 0.3) is 0 Å². The number of hydrogen-bond acceptors (Lipinski definition) is 5. The van der Waals surface area contributed by atoms with Crippen molar-refractivity contribution in [2.24, 2.45) is 5.16 Å². The Morgan fingerprint density at radius 2 is 1.90 bits per heavy atom. The van der Waals surface area contributed by atoms with Gasteiger partial charge in [-0.3, -0.25) is 4.57 Å². The van der Waals surface area contributed by atoms with Crippen molar-refractivity contribution in [1.82, 2.24) is 0 Å². The summed E-state index contributed by atoms with van der Waals surface area (Å²) in [6.07, 6.45) is 0.487. The molecule has 0 aliphatic carbocycles. The zero-order valence-corrected chi connectivity index (χ0v) is 13.8. The second kappa shape index (κ2) is 7.41. The molecule has 2 rings (SSSR count). The van der Waals surface area contributed by atoms with Gasteiger partial charge in [0.05, 0.1) is 25.1 Å². The van der Waals surface area contributed by atoms with Crippen LogP contribution >= 0.6 is 19.2 Å². The fourth-order valence-electron chi connectivity index (χ4n) is 2.12. The second-order valence-corrected chi connectivity index (χ2v) is 7.15. The molecule has 1 aliphatic rings. The number of oxime groups is 1. The first-order chi connectivity index (χ1) is 10.1. The molecule has 0 bridgehead atoms. The quantitative estimate of drug-likeness (QED) is 0.706. The van der Waals surface area contributed by atoms with E-state index >= 15 is 0 Å². The van der Waals surface area contributed by atoms with Crippen molar-refractivity contribution in [3.63, 3.8) is 0 Å². The van der Waals surface area contributed by atoms with Crippen LogP contribution in [0.15, 0.2) is 29.4 Å². The molecule has 116 valence electrons. The average Bonchev–Trinajstić information content (AvgIpc) is 2.88. The summed E-state index contributed by atoms with van der Waals surface area (Å²) in [4.78, 5) is 5.36. The summed E-state index contributed by atoms with van der Waals surface area (Å²) < 4.78 is 23.0. The Bertz CT molecular complexity index is 536. The molecule has 0 aromatic heterocycles. The lowest BCUT2D eigenvalue weighted by Crippen LogP contribution is -2.16. The molecule has 0 N–H and O–H groups in total. The van der Waals surface area contributed by atoms with Crippen molar-refractivity contribution in [1.29, 1.82) is 0 Å². The largest absolute Gasteiger partial charge is 0.391 e. The summed E-state index contributed by atoms with van der Waals surface area (Å²) in [7, 11) is -3.11. The summed E-state index contributed by atoms with van der Waals surface area (Å²) in [5.41, 5.74) is 1.76. The second-order valence-electron chi connectivity index (χ2n) is 4.61. The zero-order valence-electron chi connectivity index (χ0n) is 12.1. The first-order valence-electron chi connectivity index (χ1n) is 6.93. The van der Waals surface area contributed by atoms with Crippen molar-refractivity contribution in [3.05, 3.63) is 34.9 Å². The number of hydrogen-bond donors (Lipinski definition) is 0. The fraction of sp³-hybridized carbons (Fsp3) is 0.500. The third kappa shape index (κ3) is 4.55. The van der Waals surface area contributed by atoms with Crippen LogP contribution in [-0.2, 0) is 18.5 Å². The maximum Gasteiger partial charge on any atom is 0.334 e. The van der Waals surface area contributed by atoms with E-state index in [-0.39, 0.29) is 12.3 Å². The van der Waals surface area contributed by atoms with E-state index in [2.05, 4.69) is 5.16 Å². The van der Waals surface area contributed by atoms with Crippen LogP contribution in [0.5, 0.6) is 0 Å². The molecule has 0 spiro atoms. The highest BCUT2D eigenvalue weighted by Crippen LogP contribution is 2.49. The predicted octanol–water partition coefficient (Wildman–Crippen LogP) is 4.10. The van der Waals surface area contributed by atoms with Gasteiger partial charge in [-0.15, -0.1) is 0 Å². The summed E-state index contributed by atoms with van der Waals surface area (Å²) in [6.45, 7) is 4.26. The van der Waals surface area contributed by atoms with Gasteiger partial charge in [-0.05, 0) is 31.5 Å². The molecular formula is C14H19ClNO4P. The van der Waals surface area contributed by atoms with E-state index < -0.39 is 7.60 Å². The number of benzene rings is 1. The third-order valence-corrected chi connectivity index (χ3v) is 5.40. The topological polar surface area (TPSA) is 57.1 Å². The monoisotopic (exact) mass is 331 g/mol. The maximum atomic E-state index is 12.5. The van der Waals surface area contributed by atoms with Crippen molar-refractivity contribution in [2.75, 3.05) is 19.4 Å². The van der Waals surface area contributed by atoms with E-state index in [1.165, 1.54) is 0 Å². The lowest BCUT2D eigenvalue weighted by Gasteiger charge is -2.19. The van der Waals surface area contributed by atoms with Crippen LogP contribution in [0, 0.1) is 0 Å². The van der Waals surface area contributed by atoms with Gasteiger partial charge in [-0.25, -0.2) is 0 Å². The molecule has 0 saturated carbocycles. The standard InChI is InChI=1S/C14H19ClNO4P/c1-3-18-21(17,19-4-2)10-13-9-14(16-20-13)11-5-7-12(15)8-6-11/h5-8,13H,3-4,9-10H2,1-2H3. The van der Waals surface area contributed by atoms with Crippen molar-refractivity contribution < 1.29 is 18.5 Å². The highest BCUT2D eigenvalue weighted by atomic mass is 35.5. The molecule has 0 amide bonds. The van der Waals surface area contributed by atoms with Crippen molar-refractivity contribution in [2.45, 2.75) is 26.4 Å². The van der Waals surface area contributed by atoms with Gasteiger partial charge < -0.3 is 13.9 Å². The Hall–Kier alpha value is -0.870. The van der Waals surface area contributed by atoms with Crippen LogP contribution in [0.25, 0.3) is 0 Å². The molecule has 1 heterocycles. The lowest BCUT2D eigenvalue weighted by atomic mass is 10.1. The molecule has 5 nitrogen and oxygen atoms in total. The average molecular weight is 332 g/mol. The molecule has 1 aromatic rings. The predicted molar refractivity (Wildman–Crippen MR) is 83.2 cm³/mol. The molecular weight excluding hydrogens is 313 g/mol. The highest BCUT2D eigenvalue weighted by molar-refractivity contribution is 7.53. The van der Waals surface area contributed by atoms with Gasteiger partial charge >= 0.3 is 7.60 Å². The van der Waals surface area contributed by atoms with Gasteiger partial charge in [0, 0.05) is 11.4 Å². The Balaban J connectivity index is 1.97. The number of rotatable bonds is 7. The van der Waals surface area contributed by atoms with Gasteiger partial charge in [0.2, 0.25) is 0 Å². The van der Waals surface area contributed by atoms with Gasteiger partial charge in [-0.2, -0.15) is 0 Å². The van der Waals surface area contributed by atoms with Crippen LogP contribution in [0.4, 0.5) is 0 Å². The molecule has 21 heavy (non-hydrogen) atoms. The zero-order chi connectivity index (χ0) is 15.3. The van der Waals surface area contributed by atoms with Gasteiger partial charge in [-0.1, -0.05) is 28.9 Å². The molecule has 1 unspecified atom stereocenters. The fourth-order valence-corrected chi connectivity index (χ4v) is 4.02. The van der Waals surface area contributed by atoms with Crippen molar-refractivity contribution >= 4 is 24.9 Å². The Morgan fingerprint density at radius 1 is 1.29 bits per heavy atom. The van der Waals surface area contributed by atoms with E-state index in [1.54, 1.807) is 26.0 Å². The Morgan fingerprint density at radius 3 is 2.48 bits per heavy atom.